The molecule has 7 heteroatoms. The minimum absolute atomic E-state index is 0.211. The van der Waals surface area contributed by atoms with Crippen molar-refractivity contribution in [2.75, 3.05) is 7.11 Å². The van der Waals surface area contributed by atoms with Crippen LogP contribution in [0, 0.1) is 0 Å². The first-order valence-corrected chi connectivity index (χ1v) is 5.09. The molecule has 0 amide bonds. The number of hydrogen-bond donors (Lipinski definition) is 0. The van der Waals surface area contributed by atoms with E-state index >= 15 is 0 Å². The Bertz CT molecular complexity index is 548. The Balaban J connectivity index is 2.44. The van der Waals surface area contributed by atoms with Gasteiger partial charge in [-0.2, -0.15) is 5.10 Å². The van der Waals surface area contributed by atoms with Crippen LogP contribution in [0.15, 0.2) is 18.6 Å². The molecule has 0 aliphatic heterocycles. The number of methoxy groups -OCH3 is 1. The molecule has 0 unspecified atom stereocenters. The Morgan fingerprint density at radius 3 is 2.82 bits per heavy atom. The van der Waals surface area contributed by atoms with Crippen LogP contribution in [-0.2, 0) is 7.05 Å². The van der Waals surface area contributed by atoms with Gasteiger partial charge in [-0.25, -0.2) is 9.97 Å². The molecular weight excluding hydrogens is 244 g/mol. The summed E-state index contributed by atoms with van der Waals surface area (Å²) in [5.41, 5.74) is 0.495. The lowest BCUT2D eigenvalue weighted by Crippen LogP contribution is -2.11. The summed E-state index contributed by atoms with van der Waals surface area (Å²) in [5, 5.41) is 4.18. The zero-order valence-corrected chi connectivity index (χ0v) is 9.97. The van der Waals surface area contributed by atoms with E-state index in [1.165, 1.54) is 30.4 Å². The summed E-state index contributed by atoms with van der Waals surface area (Å²) in [6.07, 6.45) is 2.67. The third kappa shape index (κ3) is 2.12. The van der Waals surface area contributed by atoms with Gasteiger partial charge in [0.05, 0.1) is 18.3 Å². The summed E-state index contributed by atoms with van der Waals surface area (Å²) in [5.74, 6) is -0.00246. The minimum Gasteiger partial charge on any atom is -0.481 e. The van der Waals surface area contributed by atoms with Crippen molar-refractivity contribution in [1.82, 2.24) is 19.7 Å². The number of rotatable bonds is 3. The van der Waals surface area contributed by atoms with Crippen LogP contribution in [0.1, 0.15) is 16.2 Å². The smallest absolute Gasteiger partial charge is 0.231 e. The second kappa shape index (κ2) is 4.50. The van der Waals surface area contributed by atoms with Gasteiger partial charge in [-0.15, -0.1) is 0 Å². The molecule has 0 aliphatic carbocycles. The Morgan fingerprint density at radius 2 is 2.24 bits per heavy atom. The first-order valence-electron chi connectivity index (χ1n) is 4.71. The predicted molar refractivity (Wildman–Crippen MR) is 60.2 cm³/mol. The van der Waals surface area contributed by atoms with Crippen molar-refractivity contribution in [3.63, 3.8) is 0 Å². The van der Waals surface area contributed by atoms with Gasteiger partial charge in [0.25, 0.3) is 0 Å². The summed E-state index contributed by atoms with van der Waals surface area (Å²) in [6.45, 7) is 0. The Labute approximate surface area is 102 Å². The van der Waals surface area contributed by atoms with Gasteiger partial charge in [0.1, 0.15) is 17.7 Å². The highest BCUT2D eigenvalue weighted by Crippen LogP contribution is 2.18. The monoisotopic (exact) mass is 252 g/mol. The lowest BCUT2D eigenvalue weighted by atomic mass is 10.2. The third-order valence-electron chi connectivity index (χ3n) is 2.19. The molecule has 88 valence electrons. The van der Waals surface area contributed by atoms with Gasteiger partial charge < -0.3 is 4.74 Å². The van der Waals surface area contributed by atoms with Crippen LogP contribution in [0.25, 0.3) is 0 Å². The Hall–Kier alpha value is -1.95. The minimum atomic E-state index is -0.323. The molecular formula is C10H9ClN4O2. The number of halogens is 1. The van der Waals surface area contributed by atoms with Gasteiger partial charge in [-0.1, -0.05) is 11.6 Å². The first-order chi connectivity index (χ1) is 8.13. The number of ketones is 1. The van der Waals surface area contributed by atoms with Crippen LogP contribution in [0.5, 0.6) is 5.88 Å². The number of aromatic nitrogens is 4. The summed E-state index contributed by atoms with van der Waals surface area (Å²) in [7, 11) is 3.10. The molecule has 0 aliphatic rings. The number of ether oxygens (including phenoxy) is 1. The van der Waals surface area contributed by atoms with Gasteiger partial charge in [0.15, 0.2) is 0 Å². The SMILES string of the molecule is COc1cc(C(=O)c2c(Cl)cnn2C)ncn1. The topological polar surface area (TPSA) is 69.9 Å². The van der Waals surface area contributed by atoms with Gasteiger partial charge in [0.2, 0.25) is 11.7 Å². The van der Waals surface area contributed by atoms with Gasteiger partial charge in [-0.3, -0.25) is 9.48 Å². The lowest BCUT2D eigenvalue weighted by molar-refractivity contribution is 0.102. The maximum absolute atomic E-state index is 12.1. The third-order valence-corrected chi connectivity index (χ3v) is 2.47. The summed E-state index contributed by atoms with van der Waals surface area (Å²) in [4.78, 5) is 19.8. The second-order valence-electron chi connectivity index (χ2n) is 3.24. The van der Waals surface area contributed by atoms with Crippen LogP contribution >= 0.6 is 11.6 Å². The highest BCUT2D eigenvalue weighted by Gasteiger charge is 2.19. The van der Waals surface area contributed by atoms with Crippen molar-refractivity contribution in [2.45, 2.75) is 0 Å². The van der Waals surface area contributed by atoms with Crippen LogP contribution in [0.2, 0.25) is 5.02 Å². The van der Waals surface area contributed by atoms with E-state index in [9.17, 15) is 4.79 Å². The predicted octanol–water partition coefficient (Wildman–Crippen LogP) is 1.10. The number of carbonyl (C=O) groups is 1. The van der Waals surface area contributed by atoms with Crippen molar-refractivity contribution in [3.05, 3.63) is 35.0 Å². The highest BCUT2D eigenvalue weighted by atomic mass is 35.5. The maximum atomic E-state index is 12.1. The van der Waals surface area contributed by atoms with Gasteiger partial charge >= 0.3 is 0 Å². The number of carbonyl (C=O) groups excluding carboxylic acids is 1. The largest absolute Gasteiger partial charge is 0.481 e. The average Bonchev–Trinajstić information content (AvgIpc) is 2.68. The first kappa shape index (κ1) is 11.5. The average molecular weight is 253 g/mol. The van der Waals surface area contributed by atoms with Crippen LogP contribution in [0.3, 0.4) is 0 Å². The van der Waals surface area contributed by atoms with E-state index in [0.29, 0.717) is 5.88 Å². The second-order valence-corrected chi connectivity index (χ2v) is 3.65. The summed E-state index contributed by atoms with van der Waals surface area (Å²) >= 11 is 5.88. The van der Waals surface area contributed by atoms with E-state index in [1.54, 1.807) is 7.05 Å². The van der Waals surface area contributed by atoms with Crippen molar-refractivity contribution >= 4 is 17.4 Å². The molecule has 2 aromatic heterocycles. The molecule has 0 bridgehead atoms. The fraction of sp³-hybridized carbons (Fsp3) is 0.200. The molecule has 0 radical (unpaired) electrons. The zero-order chi connectivity index (χ0) is 12.4. The fourth-order valence-electron chi connectivity index (χ4n) is 1.36. The molecule has 0 saturated heterocycles. The quantitative estimate of drug-likeness (QED) is 0.765. The Morgan fingerprint density at radius 1 is 1.47 bits per heavy atom. The molecule has 2 aromatic rings. The lowest BCUT2D eigenvalue weighted by Gasteiger charge is -2.03. The maximum Gasteiger partial charge on any atom is 0.231 e. The normalized spacial score (nSPS) is 10.3. The number of aryl methyl sites for hydroxylation is 1. The zero-order valence-electron chi connectivity index (χ0n) is 9.22. The van der Waals surface area contributed by atoms with Crippen molar-refractivity contribution in [1.29, 1.82) is 0 Å². The molecule has 0 fully saturated rings. The molecule has 0 spiro atoms. The summed E-state index contributed by atoms with van der Waals surface area (Å²) < 4.78 is 6.33. The Kier molecular flexibility index (Phi) is 3.06. The van der Waals surface area contributed by atoms with Gasteiger partial charge in [-0.05, 0) is 0 Å². The number of nitrogens with zero attached hydrogens (tertiary/aromatic N) is 4. The van der Waals surface area contributed by atoms with Crippen molar-refractivity contribution in [2.24, 2.45) is 7.05 Å². The molecule has 0 atom stereocenters. The number of hydrogen-bond acceptors (Lipinski definition) is 5. The van der Waals surface area contributed by atoms with E-state index < -0.39 is 0 Å². The van der Waals surface area contributed by atoms with E-state index in [1.807, 2.05) is 0 Å². The van der Waals surface area contributed by atoms with E-state index in [-0.39, 0.29) is 22.2 Å². The van der Waals surface area contributed by atoms with Crippen LogP contribution < -0.4 is 4.74 Å². The highest BCUT2D eigenvalue weighted by molar-refractivity contribution is 6.34. The molecule has 17 heavy (non-hydrogen) atoms. The van der Waals surface area contributed by atoms with Crippen LogP contribution in [-0.4, -0.2) is 32.6 Å². The molecule has 6 nitrogen and oxygen atoms in total. The fourth-order valence-corrected chi connectivity index (χ4v) is 1.61. The van der Waals surface area contributed by atoms with Crippen LogP contribution in [0.4, 0.5) is 0 Å². The van der Waals surface area contributed by atoms with E-state index in [4.69, 9.17) is 16.3 Å². The van der Waals surface area contributed by atoms with Crippen molar-refractivity contribution < 1.29 is 9.53 Å². The summed E-state index contributed by atoms with van der Waals surface area (Å²) in [6, 6.07) is 1.45. The molecule has 0 aromatic carbocycles. The molecule has 0 N–H and O–H groups in total. The van der Waals surface area contributed by atoms with Crippen molar-refractivity contribution in [3.8, 4) is 5.88 Å². The molecule has 2 heterocycles. The standard InChI is InChI=1S/C10H9ClN4O2/c1-15-9(6(11)4-14-15)10(16)7-3-8(17-2)13-5-12-7/h3-5H,1-2H3. The molecule has 2 rings (SSSR count). The van der Waals surface area contributed by atoms with Gasteiger partial charge in [0, 0.05) is 13.1 Å². The van der Waals surface area contributed by atoms with E-state index in [0.717, 1.165) is 0 Å². The van der Waals surface area contributed by atoms with E-state index in [2.05, 4.69) is 15.1 Å². The molecule has 0 saturated carbocycles.